The Labute approximate surface area is 234 Å². The summed E-state index contributed by atoms with van der Waals surface area (Å²) in [5.41, 5.74) is 4.98. The first-order chi connectivity index (χ1) is 19.8. The molecule has 0 spiro atoms. The fourth-order valence-corrected chi connectivity index (χ4v) is 3.47. The van der Waals surface area contributed by atoms with E-state index in [0.717, 1.165) is 0 Å². The van der Waals surface area contributed by atoms with Crippen LogP contribution in [0.15, 0.2) is 41.1 Å². The zero-order valence-corrected chi connectivity index (χ0v) is 21.9. The van der Waals surface area contributed by atoms with Crippen molar-refractivity contribution in [3.05, 3.63) is 48.2 Å². The zero-order valence-electron chi connectivity index (χ0n) is 21.9. The van der Waals surface area contributed by atoms with Crippen LogP contribution in [0.5, 0.6) is 0 Å². The number of pyridine rings is 1. The second kappa shape index (κ2) is 13.6. The molecule has 3 aromatic rings. The summed E-state index contributed by atoms with van der Waals surface area (Å²) in [4.78, 5) is 53.1. The van der Waals surface area contributed by atoms with Crippen LogP contribution in [0.3, 0.4) is 0 Å². The van der Waals surface area contributed by atoms with Gasteiger partial charge in [-0.3, -0.25) is 9.88 Å². The number of hydrogen-bond acceptors (Lipinski definition) is 11. The molecule has 2 aromatic heterocycles. The molecular weight excluding hydrogens is 574 g/mol. The van der Waals surface area contributed by atoms with Crippen molar-refractivity contribution in [3.8, 4) is 22.6 Å². The van der Waals surface area contributed by atoms with Gasteiger partial charge in [0.25, 0.3) is 5.89 Å². The van der Waals surface area contributed by atoms with Crippen molar-refractivity contribution < 1.29 is 61.6 Å². The number of aliphatic carboxylic acids is 1. The normalized spacial score (nSPS) is 14.6. The number of aromatic nitrogens is 3. The topological polar surface area (TPSA) is 192 Å². The molecule has 224 valence electrons. The lowest BCUT2D eigenvalue weighted by atomic mass is 10.1. The average Bonchev–Trinajstić information content (AvgIpc) is 3.57. The highest BCUT2D eigenvalue weighted by atomic mass is 19.4. The lowest BCUT2D eigenvalue weighted by Gasteiger charge is -2.14. The van der Waals surface area contributed by atoms with Crippen LogP contribution >= 0.6 is 0 Å². The third-order valence-corrected chi connectivity index (χ3v) is 5.52. The van der Waals surface area contributed by atoms with Crippen molar-refractivity contribution in [2.45, 2.75) is 38.7 Å². The first kappa shape index (κ1) is 31.6. The summed E-state index contributed by atoms with van der Waals surface area (Å²) in [6.45, 7) is 1.56. The minimum Gasteiger partial charge on any atom is -0.542 e. The van der Waals surface area contributed by atoms with E-state index in [1.54, 1.807) is 24.3 Å². The Morgan fingerprint density at radius 3 is 2.50 bits per heavy atom. The standard InChI is InChI=1S/C23H22FN5O6.C2HF3O2/c1-13(30)2-5-16-11-29(23(32)34-16)15-4-6-17(18(24)8-15)14-3-7-19(26-10-14)22-27-20(35-28-22)12-33-21(31)9-25;3-2(4,5)1(6)7/h3-4,6-8,10,16H,2,5,9,11-12,25H2,1H3;(H,6,7)/t16-;/m0./s1. The Kier molecular flexibility index (Phi) is 10.2. The highest BCUT2D eigenvalue weighted by Gasteiger charge is 2.32. The number of ether oxygens (including phenoxy) is 2. The van der Waals surface area contributed by atoms with E-state index in [1.165, 1.54) is 24.1 Å². The van der Waals surface area contributed by atoms with Crippen LogP contribution in [-0.2, 0) is 30.5 Å². The maximum Gasteiger partial charge on any atom is 0.430 e. The van der Waals surface area contributed by atoms with Gasteiger partial charge in [-0.1, -0.05) is 11.2 Å². The molecule has 3 N–H and O–H groups in total. The summed E-state index contributed by atoms with van der Waals surface area (Å²) in [5, 5.41) is 12.6. The van der Waals surface area contributed by atoms with Crippen molar-refractivity contribution in [1.82, 2.24) is 15.1 Å². The molecule has 1 fully saturated rings. The lowest BCUT2D eigenvalue weighted by Crippen LogP contribution is -2.54. The summed E-state index contributed by atoms with van der Waals surface area (Å²) in [5.74, 6) is -3.71. The molecule has 0 unspecified atom stereocenters. The number of amides is 1. The molecule has 0 saturated carbocycles. The molecule has 17 heteroatoms. The van der Waals surface area contributed by atoms with Crippen molar-refractivity contribution in [2.75, 3.05) is 18.0 Å². The van der Waals surface area contributed by atoms with Crippen LogP contribution in [0.25, 0.3) is 22.6 Å². The second-order valence-electron chi connectivity index (χ2n) is 8.66. The molecule has 3 heterocycles. The number of carbonyl (C=O) groups excluding carboxylic acids is 4. The SMILES string of the molecule is CC(=O)CC[C@H]1CN(c2ccc(-c3ccc(-c4noc(COC(=O)C[NH3+])n4)nc3)c(F)c2)C(=O)O1.O=C([O-])C(F)(F)F. The monoisotopic (exact) mass is 597 g/mol. The Bertz CT molecular complexity index is 1450. The number of rotatable bonds is 9. The van der Waals surface area contributed by atoms with Crippen LogP contribution in [0.1, 0.15) is 25.7 Å². The minimum atomic E-state index is -5.19. The summed E-state index contributed by atoms with van der Waals surface area (Å²) >= 11 is 0. The Balaban J connectivity index is 0.000000616. The van der Waals surface area contributed by atoms with Crippen molar-refractivity contribution in [2.24, 2.45) is 0 Å². The van der Waals surface area contributed by atoms with Gasteiger partial charge in [0.1, 0.15) is 29.4 Å². The van der Waals surface area contributed by atoms with E-state index < -0.39 is 36.1 Å². The van der Waals surface area contributed by atoms with Crippen LogP contribution in [0.2, 0.25) is 0 Å². The van der Waals surface area contributed by atoms with Crippen LogP contribution in [0.4, 0.5) is 28.0 Å². The van der Waals surface area contributed by atoms with E-state index in [1.807, 2.05) is 0 Å². The fourth-order valence-electron chi connectivity index (χ4n) is 3.47. The number of quaternary nitrogens is 1. The van der Waals surface area contributed by atoms with Gasteiger partial charge in [-0.15, -0.1) is 0 Å². The number of alkyl halides is 3. The molecule has 13 nitrogen and oxygen atoms in total. The largest absolute Gasteiger partial charge is 0.542 e. The van der Waals surface area contributed by atoms with Gasteiger partial charge < -0.3 is 34.4 Å². The van der Waals surface area contributed by atoms with Crippen LogP contribution in [0, 0.1) is 5.82 Å². The van der Waals surface area contributed by atoms with Gasteiger partial charge in [0, 0.05) is 23.7 Å². The van der Waals surface area contributed by atoms with Crippen molar-refractivity contribution in [3.63, 3.8) is 0 Å². The number of hydrogen-bond donors (Lipinski definition) is 1. The Morgan fingerprint density at radius 2 is 1.93 bits per heavy atom. The molecule has 4 rings (SSSR count). The maximum atomic E-state index is 14.9. The van der Waals surface area contributed by atoms with E-state index >= 15 is 0 Å². The number of halogens is 4. The van der Waals surface area contributed by atoms with Crippen molar-refractivity contribution >= 4 is 29.5 Å². The Morgan fingerprint density at radius 1 is 1.21 bits per heavy atom. The highest BCUT2D eigenvalue weighted by Crippen LogP contribution is 2.30. The second-order valence-corrected chi connectivity index (χ2v) is 8.66. The van der Waals surface area contributed by atoms with Gasteiger partial charge in [0.2, 0.25) is 5.82 Å². The average molecular weight is 597 g/mol. The van der Waals surface area contributed by atoms with E-state index in [0.29, 0.717) is 35.3 Å². The third kappa shape index (κ3) is 8.53. The molecular formula is C25H23F4N5O8. The number of anilines is 1. The number of nitrogens with zero attached hydrogens (tertiary/aromatic N) is 4. The van der Waals surface area contributed by atoms with Gasteiger partial charge in [-0.25, -0.2) is 14.0 Å². The molecule has 0 bridgehead atoms. The van der Waals surface area contributed by atoms with Gasteiger partial charge in [-0.05, 0) is 37.6 Å². The van der Waals surface area contributed by atoms with Gasteiger partial charge in [0.15, 0.2) is 13.2 Å². The molecule has 0 aliphatic carbocycles. The molecule has 0 radical (unpaired) electrons. The maximum absolute atomic E-state index is 14.9. The number of ketones is 1. The molecule has 1 aromatic carbocycles. The van der Waals surface area contributed by atoms with E-state index in [2.05, 4.69) is 20.9 Å². The number of carbonyl (C=O) groups is 4. The molecule has 1 amide bonds. The van der Waals surface area contributed by atoms with E-state index in [-0.39, 0.29) is 37.2 Å². The van der Waals surface area contributed by atoms with Gasteiger partial charge in [0.05, 0.1) is 12.2 Å². The first-order valence-corrected chi connectivity index (χ1v) is 12.1. The number of Topliss-reactive ketones (excluding diaryl/α,β-unsaturated/α-hetero) is 1. The number of carboxylic acid groups (broad SMARTS) is 1. The predicted octanol–water partition coefficient (Wildman–Crippen LogP) is 1.22. The molecule has 42 heavy (non-hydrogen) atoms. The fraction of sp³-hybridized carbons (Fsp3) is 0.320. The zero-order chi connectivity index (χ0) is 31.0. The third-order valence-electron chi connectivity index (χ3n) is 5.52. The van der Waals surface area contributed by atoms with Gasteiger partial charge >= 0.3 is 18.2 Å². The van der Waals surface area contributed by atoms with Crippen molar-refractivity contribution in [1.29, 1.82) is 0 Å². The summed E-state index contributed by atoms with van der Waals surface area (Å²) in [7, 11) is 0. The van der Waals surface area contributed by atoms with E-state index in [9.17, 15) is 31.9 Å². The molecule has 1 aliphatic heterocycles. The first-order valence-electron chi connectivity index (χ1n) is 12.1. The summed E-state index contributed by atoms with van der Waals surface area (Å²) in [6, 6.07) is 7.70. The minimum absolute atomic E-state index is 0.00862. The number of benzene rings is 1. The quantitative estimate of drug-likeness (QED) is 0.275. The van der Waals surface area contributed by atoms with Crippen LogP contribution in [-0.4, -0.2) is 64.3 Å². The van der Waals surface area contributed by atoms with E-state index in [4.69, 9.17) is 23.9 Å². The molecule has 1 aliphatic rings. The number of esters is 1. The summed E-state index contributed by atoms with van der Waals surface area (Å²) < 4.78 is 61.7. The molecule has 1 saturated heterocycles. The number of cyclic esters (lactones) is 1. The smallest absolute Gasteiger partial charge is 0.430 e. The van der Waals surface area contributed by atoms with Gasteiger partial charge in [-0.2, -0.15) is 18.2 Å². The summed E-state index contributed by atoms with van der Waals surface area (Å²) in [6.07, 6.45) is -3.96. The van der Waals surface area contributed by atoms with Crippen LogP contribution < -0.4 is 15.7 Å². The Hall–Kier alpha value is -4.93. The highest BCUT2D eigenvalue weighted by molar-refractivity contribution is 5.90. The number of carboxylic acids is 1. The predicted molar refractivity (Wildman–Crippen MR) is 129 cm³/mol. The molecule has 1 atom stereocenters. The lowest BCUT2D eigenvalue weighted by molar-refractivity contribution is -0.360.